The second kappa shape index (κ2) is 6.70. The molecule has 4 nitrogen and oxygen atoms in total. The van der Waals surface area contributed by atoms with Gasteiger partial charge in [0.1, 0.15) is 6.04 Å². The van der Waals surface area contributed by atoms with E-state index in [-0.39, 0.29) is 6.54 Å². The number of hydrogen-bond acceptors (Lipinski definition) is 3. The number of carbonyl (C=O) groups excluding carboxylic acids is 1. The van der Waals surface area contributed by atoms with E-state index in [2.05, 4.69) is 5.32 Å². The molecular weight excluding hydrogens is 223 g/mol. The molecule has 0 aromatic carbocycles. The maximum absolute atomic E-state index is 12.4. The van der Waals surface area contributed by atoms with E-state index >= 15 is 0 Å². The Hall–Kier alpha value is -0.820. The van der Waals surface area contributed by atoms with Crippen molar-refractivity contribution in [3.63, 3.8) is 0 Å². The number of halogens is 3. The molecule has 0 aliphatic carbocycles. The van der Waals surface area contributed by atoms with E-state index in [0.29, 0.717) is 6.54 Å². The number of nitrogens with zero attached hydrogens (tertiary/aromatic N) is 1. The Labute approximate surface area is 93.0 Å². The lowest BCUT2D eigenvalue weighted by molar-refractivity contribution is -0.178. The highest BCUT2D eigenvalue weighted by molar-refractivity contribution is 5.77. The van der Waals surface area contributed by atoms with Crippen LogP contribution in [0.5, 0.6) is 0 Å². The number of amides is 1. The van der Waals surface area contributed by atoms with Crippen LogP contribution < -0.4 is 11.1 Å². The molecule has 3 N–H and O–H groups in total. The summed E-state index contributed by atoms with van der Waals surface area (Å²) < 4.78 is 37.3. The maximum atomic E-state index is 12.4. The predicted molar refractivity (Wildman–Crippen MR) is 54.8 cm³/mol. The lowest BCUT2D eigenvalue weighted by Gasteiger charge is -2.28. The highest BCUT2D eigenvalue weighted by Gasteiger charge is 2.41. The molecule has 16 heavy (non-hydrogen) atoms. The second-order valence-corrected chi connectivity index (χ2v) is 3.56. The van der Waals surface area contributed by atoms with Crippen LogP contribution in [0.15, 0.2) is 0 Å². The molecular formula is C9H18F3N3O. The largest absolute Gasteiger partial charge is 0.405 e. The summed E-state index contributed by atoms with van der Waals surface area (Å²) in [5, 5.41) is 2.50. The summed E-state index contributed by atoms with van der Waals surface area (Å²) in [6, 6.07) is -1.78. The number of nitrogens with two attached hydrogens (primary N) is 1. The molecule has 0 saturated heterocycles. The van der Waals surface area contributed by atoms with Gasteiger partial charge in [0.05, 0.1) is 6.54 Å². The van der Waals surface area contributed by atoms with Gasteiger partial charge in [-0.25, -0.2) is 0 Å². The van der Waals surface area contributed by atoms with Crippen LogP contribution in [-0.4, -0.2) is 49.7 Å². The zero-order valence-electron chi connectivity index (χ0n) is 9.47. The highest BCUT2D eigenvalue weighted by Crippen LogP contribution is 2.22. The van der Waals surface area contributed by atoms with Gasteiger partial charge in [0.15, 0.2) is 0 Å². The van der Waals surface area contributed by atoms with E-state index in [0.717, 1.165) is 11.3 Å². The molecule has 0 bridgehead atoms. The van der Waals surface area contributed by atoms with E-state index < -0.39 is 24.7 Å². The van der Waals surface area contributed by atoms with Gasteiger partial charge in [-0.05, 0) is 13.5 Å². The van der Waals surface area contributed by atoms with Crippen LogP contribution in [-0.2, 0) is 4.79 Å². The van der Waals surface area contributed by atoms with Gasteiger partial charge in [0.2, 0.25) is 5.91 Å². The molecule has 0 aromatic rings. The van der Waals surface area contributed by atoms with Crippen molar-refractivity contribution >= 4 is 5.91 Å². The molecule has 0 saturated carbocycles. The van der Waals surface area contributed by atoms with Crippen LogP contribution in [0.4, 0.5) is 13.2 Å². The first-order valence-electron chi connectivity index (χ1n) is 5.06. The average Bonchev–Trinajstić information content (AvgIpc) is 2.13. The van der Waals surface area contributed by atoms with Crippen LogP contribution in [0.1, 0.15) is 13.3 Å². The van der Waals surface area contributed by atoms with Gasteiger partial charge in [-0.3, -0.25) is 9.69 Å². The van der Waals surface area contributed by atoms with Crippen molar-refractivity contribution in [2.75, 3.05) is 26.7 Å². The van der Waals surface area contributed by atoms with Crippen molar-refractivity contribution < 1.29 is 18.0 Å². The molecule has 0 aliphatic rings. The molecule has 0 radical (unpaired) electrons. The maximum Gasteiger partial charge on any atom is 0.405 e. The Morgan fingerprint density at radius 3 is 2.44 bits per heavy atom. The van der Waals surface area contributed by atoms with E-state index in [1.165, 1.54) is 7.05 Å². The molecule has 0 rings (SSSR count). The van der Waals surface area contributed by atoms with Crippen LogP contribution >= 0.6 is 0 Å². The summed E-state index contributed by atoms with van der Waals surface area (Å²) in [6.07, 6.45) is -3.66. The summed E-state index contributed by atoms with van der Waals surface area (Å²) in [7, 11) is 1.23. The molecule has 0 heterocycles. The molecule has 1 amide bonds. The Morgan fingerprint density at radius 2 is 2.06 bits per heavy atom. The lowest BCUT2D eigenvalue weighted by atomic mass is 10.2. The number of rotatable bonds is 6. The van der Waals surface area contributed by atoms with Crippen LogP contribution in [0, 0.1) is 0 Å². The van der Waals surface area contributed by atoms with E-state index in [9.17, 15) is 18.0 Å². The van der Waals surface area contributed by atoms with Crippen molar-refractivity contribution in [3.8, 4) is 0 Å². The number of hydrogen-bond donors (Lipinski definition) is 2. The fourth-order valence-electron chi connectivity index (χ4n) is 1.22. The molecule has 96 valence electrons. The number of likely N-dealkylation sites (N-methyl/N-ethyl adjacent to an activating group) is 1. The smallest absolute Gasteiger partial charge is 0.355 e. The van der Waals surface area contributed by atoms with Crippen LogP contribution in [0.3, 0.4) is 0 Å². The minimum Gasteiger partial charge on any atom is -0.355 e. The molecule has 1 unspecified atom stereocenters. The number of nitrogens with one attached hydrogen (secondary N) is 1. The summed E-state index contributed by atoms with van der Waals surface area (Å²) in [6.45, 7) is 1.47. The summed E-state index contributed by atoms with van der Waals surface area (Å²) in [5.41, 5.74) is 5.04. The van der Waals surface area contributed by atoms with Gasteiger partial charge in [-0.1, -0.05) is 6.92 Å². The number of alkyl halides is 3. The average molecular weight is 241 g/mol. The van der Waals surface area contributed by atoms with Gasteiger partial charge in [-0.2, -0.15) is 13.2 Å². The third kappa shape index (κ3) is 5.32. The van der Waals surface area contributed by atoms with Crippen LogP contribution in [0.2, 0.25) is 0 Å². The first kappa shape index (κ1) is 15.2. The predicted octanol–water partition coefficient (Wildman–Crippen LogP) is 0.334. The quantitative estimate of drug-likeness (QED) is 0.704. The third-order valence-electron chi connectivity index (χ3n) is 2.10. The highest BCUT2D eigenvalue weighted by atomic mass is 19.4. The topological polar surface area (TPSA) is 58.4 Å². The summed E-state index contributed by atoms with van der Waals surface area (Å²) >= 11 is 0. The van der Waals surface area contributed by atoms with Crippen molar-refractivity contribution in [2.45, 2.75) is 25.6 Å². The minimum absolute atomic E-state index is 0.304. The first-order chi connectivity index (χ1) is 7.32. The monoisotopic (exact) mass is 241 g/mol. The van der Waals surface area contributed by atoms with Crippen molar-refractivity contribution in [2.24, 2.45) is 5.73 Å². The zero-order valence-corrected chi connectivity index (χ0v) is 9.47. The first-order valence-corrected chi connectivity index (χ1v) is 5.06. The van der Waals surface area contributed by atoms with Crippen molar-refractivity contribution in [1.29, 1.82) is 0 Å². The number of carbonyl (C=O) groups is 1. The Morgan fingerprint density at radius 1 is 1.50 bits per heavy atom. The van der Waals surface area contributed by atoms with Gasteiger partial charge < -0.3 is 11.1 Å². The van der Waals surface area contributed by atoms with E-state index in [1.807, 2.05) is 6.92 Å². The third-order valence-corrected chi connectivity index (χ3v) is 2.10. The minimum atomic E-state index is -4.41. The Bertz CT molecular complexity index is 221. The van der Waals surface area contributed by atoms with Crippen LogP contribution in [0.25, 0.3) is 0 Å². The summed E-state index contributed by atoms with van der Waals surface area (Å²) in [4.78, 5) is 12.1. The Balaban J connectivity index is 4.21. The molecule has 7 heteroatoms. The normalized spacial score (nSPS) is 13.9. The molecule has 0 spiro atoms. The van der Waals surface area contributed by atoms with Gasteiger partial charge in [0.25, 0.3) is 0 Å². The van der Waals surface area contributed by atoms with Crippen molar-refractivity contribution in [3.05, 3.63) is 0 Å². The SMILES string of the molecule is CCCNC(=O)CN(C)C(CN)C(F)(F)F. The van der Waals surface area contributed by atoms with E-state index in [4.69, 9.17) is 5.73 Å². The molecule has 0 fully saturated rings. The fraction of sp³-hybridized carbons (Fsp3) is 0.889. The lowest BCUT2D eigenvalue weighted by Crippen LogP contribution is -2.51. The molecule has 1 atom stereocenters. The van der Waals surface area contributed by atoms with E-state index in [1.54, 1.807) is 0 Å². The molecule has 0 aromatic heterocycles. The summed E-state index contributed by atoms with van der Waals surface area (Å²) in [5.74, 6) is -0.424. The zero-order chi connectivity index (χ0) is 12.8. The van der Waals surface area contributed by atoms with Gasteiger partial charge >= 0.3 is 6.18 Å². The van der Waals surface area contributed by atoms with Gasteiger partial charge in [-0.15, -0.1) is 0 Å². The Kier molecular flexibility index (Phi) is 6.35. The van der Waals surface area contributed by atoms with Crippen molar-refractivity contribution in [1.82, 2.24) is 10.2 Å². The second-order valence-electron chi connectivity index (χ2n) is 3.56. The molecule has 0 aliphatic heterocycles. The fourth-order valence-corrected chi connectivity index (χ4v) is 1.22. The standard InChI is InChI=1S/C9H18F3N3O/c1-3-4-14-8(16)6-15(2)7(5-13)9(10,11)12/h7H,3-6,13H2,1-2H3,(H,14,16). The van der Waals surface area contributed by atoms with Gasteiger partial charge in [0, 0.05) is 13.1 Å².